The van der Waals surface area contributed by atoms with E-state index in [4.69, 9.17) is 4.74 Å². The number of aryl methyl sites for hydroxylation is 2. The Morgan fingerprint density at radius 2 is 2.03 bits per heavy atom. The van der Waals surface area contributed by atoms with Crippen molar-refractivity contribution in [2.75, 3.05) is 31.6 Å². The SMILES string of the molecule is CCCn1nc(C)c2c1NC(=O)CC2c1cccc(OCCCN2CCCCC2)c1. The van der Waals surface area contributed by atoms with Crippen LogP contribution in [0.2, 0.25) is 0 Å². The lowest BCUT2D eigenvalue weighted by Gasteiger charge is -2.26. The molecule has 1 aromatic heterocycles. The van der Waals surface area contributed by atoms with Crippen LogP contribution in [0, 0.1) is 6.92 Å². The third-order valence-corrected chi connectivity index (χ3v) is 6.20. The van der Waals surface area contributed by atoms with Crippen LogP contribution in [0.5, 0.6) is 5.75 Å². The smallest absolute Gasteiger partial charge is 0.226 e. The van der Waals surface area contributed by atoms with E-state index in [0.29, 0.717) is 6.42 Å². The van der Waals surface area contributed by atoms with Gasteiger partial charge in [-0.2, -0.15) is 5.10 Å². The highest BCUT2D eigenvalue weighted by Gasteiger charge is 2.32. The lowest BCUT2D eigenvalue weighted by molar-refractivity contribution is -0.116. The van der Waals surface area contributed by atoms with Gasteiger partial charge in [0, 0.05) is 31.0 Å². The van der Waals surface area contributed by atoms with Crippen molar-refractivity contribution in [3.63, 3.8) is 0 Å². The van der Waals surface area contributed by atoms with Crippen molar-refractivity contribution in [1.82, 2.24) is 14.7 Å². The molecule has 0 bridgehead atoms. The number of nitrogens with one attached hydrogen (secondary N) is 1. The molecular formula is C24H34N4O2. The summed E-state index contributed by atoms with van der Waals surface area (Å²) >= 11 is 0. The number of aromatic nitrogens is 2. The number of fused-ring (bicyclic) bond motifs is 1. The Morgan fingerprint density at radius 1 is 1.20 bits per heavy atom. The number of anilines is 1. The number of carbonyl (C=O) groups is 1. The second kappa shape index (κ2) is 9.65. The Hall–Kier alpha value is -2.34. The van der Waals surface area contributed by atoms with E-state index >= 15 is 0 Å². The van der Waals surface area contributed by atoms with Crippen LogP contribution >= 0.6 is 0 Å². The van der Waals surface area contributed by atoms with Gasteiger partial charge in [0.2, 0.25) is 5.91 Å². The molecule has 0 spiro atoms. The number of benzene rings is 1. The minimum Gasteiger partial charge on any atom is -0.494 e. The Bertz CT molecular complexity index is 870. The number of likely N-dealkylation sites (tertiary alicyclic amines) is 1. The van der Waals surface area contributed by atoms with Gasteiger partial charge in [-0.25, -0.2) is 4.68 Å². The summed E-state index contributed by atoms with van der Waals surface area (Å²) in [4.78, 5) is 15.0. The maximum absolute atomic E-state index is 12.4. The molecule has 0 radical (unpaired) electrons. The van der Waals surface area contributed by atoms with Gasteiger partial charge in [0.1, 0.15) is 11.6 Å². The summed E-state index contributed by atoms with van der Waals surface area (Å²) < 4.78 is 8.01. The molecular weight excluding hydrogens is 376 g/mol. The zero-order valence-electron chi connectivity index (χ0n) is 18.3. The van der Waals surface area contributed by atoms with Crippen molar-refractivity contribution in [3.05, 3.63) is 41.1 Å². The highest BCUT2D eigenvalue weighted by atomic mass is 16.5. The predicted octanol–water partition coefficient (Wildman–Crippen LogP) is 4.33. The van der Waals surface area contributed by atoms with Crippen LogP contribution in [0.4, 0.5) is 5.82 Å². The van der Waals surface area contributed by atoms with Crippen LogP contribution < -0.4 is 10.1 Å². The Kier molecular flexibility index (Phi) is 6.72. The average molecular weight is 411 g/mol. The minimum absolute atomic E-state index is 0.0243. The van der Waals surface area contributed by atoms with E-state index in [0.717, 1.165) is 60.9 Å². The standard InChI is InChI=1S/C24H34N4O2/c1-3-11-28-24-23(18(2)26-28)21(17-22(29)25-24)19-9-7-10-20(16-19)30-15-8-14-27-12-5-4-6-13-27/h7,9-10,16,21H,3-6,8,11-15,17H2,1-2H3,(H,25,29). The molecule has 162 valence electrons. The molecule has 0 saturated carbocycles. The molecule has 2 aromatic rings. The van der Waals surface area contributed by atoms with E-state index in [1.165, 1.54) is 32.4 Å². The monoisotopic (exact) mass is 410 g/mol. The molecule has 1 N–H and O–H groups in total. The molecule has 1 atom stereocenters. The highest BCUT2D eigenvalue weighted by Crippen LogP contribution is 2.40. The van der Waals surface area contributed by atoms with Gasteiger partial charge < -0.3 is 15.0 Å². The van der Waals surface area contributed by atoms with Crippen LogP contribution in [0.1, 0.15) is 68.2 Å². The van der Waals surface area contributed by atoms with E-state index < -0.39 is 0 Å². The zero-order valence-corrected chi connectivity index (χ0v) is 18.3. The number of rotatable bonds is 8. The minimum atomic E-state index is 0.0243. The summed E-state index contributed by atoms with van der Waals surface area (Å²) in [7, 11) is 0. The van der Waals surface area contributed by atoms with Crippen molar-refractivity contribution in [1.29, 1.82) is 0 Å². The Labute approximate surface area is 179 Å². The van der Waals surface area contributed by atoms with Crippen molar-refractivity contribution < 1.29 is 9.53 Å². The van der Waals surface area contributed by atoms with Gasteiger partial charge in [0.05, 0.1) is 12.3 Å². The van der Waals surface area contributed by atoms with Crippen molar-refractivity contribution in [2.24, 2.45) is 0 Å². The van der Waals surface area contributed by atoms with E-state index in [9.17, 15) is 4.79 Å². The second-order valence-corrected chi connectivity index (χ2v) is 8.55. The topological polar surface area (TPSA) is 59.4 Å². The summed E-state index contributed by atoms with van der Waals surface area (Å²) in [5, 5.41) is 7.73. The fourth-order valence-electron chi connectivity index (χ4n) is 4.76. The molecule has 0 aliphatic carbocycles. The molecule has 1 fully saturated rings. The normalized spacial score (nSPS) is 19.4. The molecule has 4 rings (SSSR count). The summed E-state index contributed by atoms with van der Waals surface area (Å²) in [6.07, 6.45) is 6.50. The molecule has 6 nitrogen and oxygen atoms in total. The Balaban J connectivity index is 1.44. The lowest BCUT2D eigenvalue weighted by Crippen LogP contribution is -2.31. The van der Waals surface area contributed by atoms with Gasteiger partial charge in [0.25, 0.3) is 0 Å². The first-order valence-electron chi connectivity index (χ1n) is 11.5. The number of amides is 1. The van der Waals surface area contributed by atoms with Crippen LogP contribution in [0.3, 0.4) is 0 Å². The van der Waals surface area contributed by atoms with Crippen LogP contribution in [0.25, 0.3) is 0 Å². The first-order valence-corrected chi connectivity index (χ1v) is 11.5. The van der Waals surface area contributed by atoms with Gasteiger partial charge in [-0.3, -0.25) is 4.79 Å². The number of ether oxygens (including phenoxy) is 1. The van der Waals surface area contributed by atoms with Gasteiger partial charge in [-0.1, -0.05) is 25.5 Å². The van der Waals surface area contributed by atoms with E-state index in [2.05, 4.69) is 34.4 Å². The summed E-state index contributed by atoms with van der Waals surface area (Å²) in [5.41, 5.74) is 3.26. The average Bonchev–Trinajstić information content (AvgIpc) is 3.07. The summed E-state index contributed by atoms with van der Waals surface area (Å²) in [5.74, 6) is 1.83. The van der Waals surface area contributed by atoms with Gasteiger partial charge in [-0.15, -0.1) is 0 Å². The largest absolute Gasteiger partial charge is 0.494 e. The molecule has 1 unspecified atom stereocenters. The third kappa shape index (κ3) is 4.69. The van der Waals surface area contributed by atoms with Gasteiger partial charge in [-0.05, 0) is 63.4 Å². The van der Waals surface area contributed by atoms with Gasteiger partial charge >= 0.3 is 0 Å². The molecule has 2 aliphatic rings. The van der Waals surface area contributed by atoms with Crippen molar-refractivity contribution >= 4 is 11.7 Å². The fourth-order valence-corrected chi connectivity index (χ4v) is 4.76. The third-order valence-electron chi connectivity index (χ3n) is 6.20. The van der Waals surface area contributed by atoms with Crippen LogP contribution in [-0.2, 0) is 11.3 Å². The fraction of sp³-hybridized carbons (Fsp3) is 0.583. The first-order chi connectivity index (χ1) is 14.7. The quantitative estimate of drug-likeness (QED) is 0.658. The maximum atomic E-state index is 12.4. The summed E-state index contributed by atoms with van der Waals surface area (Å²) in [6.45, 7) is 9.27. The second-order valence-electron chi connectivity index (χ2n) is 8.55. The number of nitrogens with zero attached hydrogens (tertiary/aromatic N) is 3. The maximum Gasteiger partial charge on any atom is 0.226 e. The summed E-state index contributed by atoms with van der Waals surface area (Å²) in [6, 6.07) is 8.25. The van der Waals surface area contributed by atoms with Crippen LogP contribution in [0.15, 0.2) is 24.3 Å². The van der Waals surface area contributed by atoms with Crippen molar-refractivity contribution in [2.45, 2.75) is 64.8 Å². The lowest BCUT2D eigenvalue weighted by atomic mass is 9.86. The van der Waals surface area contributed by atoms with E-state index in [-0.39, 0.29) is 11.8 Å². The number of hydrogen-bond donors (Lipinski definition) is 1. The van der Waals surface area contributed by atoms with E-state index in [1.54, 1.807) is 0 Å². The van der Waals surface area contributed by atoms with E-state index in [1.807, 2.05) is 23.7 Å². The molecule has 1 amide bonds. The predicted molar refractivity (Wildman–Crippen MR) is 119 cm³/mol. The number of carbonyl (C=O) groups excluding carboxylic acids is 1. The molecule has 6 heteroatoms. The van der Waals surface area contributed by atoms with Gasteiger partial charge in [0.15, 0.2) is 0 Å². The molecule has 3 heterocycles. The highest BCUT2D eigenvalue weighted by molar-refractivity contribution is 5.94. The first kappa shape index (κ1) is 20.9. The number of hydrogen-bond acceptors (Lipinski definition) is 4. The van der Waals surface area contributed by atoms with Crippen LogP contribution in [-0.4, -0.2) is 46.8 Å². The number of piperidine rings is 1. The molecule has 30 heavy (non-hydrogen) atoms. The van der Waals surface area contributed by atoms with Crippen molar-refractivity contribution in [3.8, 4) is 5.75 Å². The Morgan fingerprint density at radius 3 is 2.83 bits per heavy atom. The molecule has 2 aliphatic heterocycles. The molecule has 1 aromatic carbocycles. The zero-order chi connectivity index (χ0) is 20.9. The molecule has 1 saturated heterocycles.